The maximum atomic E-state index is 12.9. The van der Waals surface area contributed by atoms with Gasteiger partial charge in [0, 0.05) is 31.9 Å². The summed E-state index contributed by atoms with van der Waals surface area (Å²) in [5.41, 5.74) is 1.26. The number of amides is 1. The molecule has 5 nitrogen and oxygen atoms in total. The highest BCUT2D eigenvalue weighted by atomic mass is 35.5. The number of anilines is 1. The molecule has 2 aromatic rings. The van der Waals surface area contributed by atoms with E-state index < -0.39 is 16.9 Å². The summed E-state index contributed by atoms with van der Waals surface area (Å²) in [6.07, 6.45) is -4.64. The Labute approximate surface area is 160 Å². The van der Waals surface area contributed by atoms with Gasteiger partial charge in [0.15, 0.2) is 5.69 Å². The van der Waals surface area contributed by atoms with Crippen LogP contribution in [0.2, 0.25) is 5.02 Å². The number of aromatic nitrogens is 2. The van der Waals surface area contributed by atoms with Crippen LogP contribution in [-0.2, 0) is 17.5 Å². The molecule has 1 aromatic carbocycles. The summed E-state index contributed by atoms with van der Waals surface area (Å²) in [6.45, 7) is 5.54. The zero-order chi connectivity index (χ0) is 19.8. The first-order chi connectivity index (χ1) is 12.7. The number of carbonyl (C=O) groups is 1. The van der Waals surface area contributed by atoms with E-state index in [1.807, 2.05) is 31.2 Å². The molecule has 1 aliphatic heterocycles. The van der Waals surface area contributed by atoms with Crippen LogP contribution < -0.4 is 4.90 Å². The first-order valence-corrected chi connectivity index (χ1v) is 8.94. The number of hydrogen-bond donors (Lipinski definition) is 0. The van der Waals surface area contributed by atoms with Crippen LogP contribution in [0.25, 0.3) is 0 Å². The number of aryl methyl sites for hydroxylation is 1. The summed E-state index contributed by atoms with van der Waals surface area (Å²) in [6, 6.07) is 8.16. The molecular weight excluding hydrogens is 381 g/mol. The third-order valence-electron chi connectivity index (χ3n) is 4.72. The number of benzene rings is 1. The number of hydrogen-bond acceptors (Lipinski definition) is 3. The smallest absolute Gasteiger partial charge is 0.368 e. The van der Waals surface area contributed by atoms with Gasteiger partial charge in [-0.25, -0.2) is 0 Å². The van der Waals surface area contributed by atoms with Gasteiger partial charge in [0.05, 0.1) is 10.7 Å². The van der Waals surface area contributed by atoms with Crippen LogP contribution in [0, 0.1) is 13.8 Å². The van der Waals surface area contributed by atoms with Crippen molar-refractivity contribution in [1.82, 2.24) is 14.7 Å². The molecular formula is C18H20ClF3N4O. The van der Waals surface area contributed by atoms with E-state index in [4.69, 9.17) is 11.6 Å². The van der Waals surface area contributed by atoms with E-state index in [1.165, 1.54) is 12.5 Å². The summed E-state index contributed by atoms with van der Waals surface area (Å²) >= 11 is 5.73. The van der Waals surface area contributed by atoms with Gasteiger partial charge >= 0.3 is 6.18 Å². The predicted molar refractivity (Wildman–Crippen MR) is 96.9 cm³/mol. The molecule has 1 saturated heterocycles. The van der Waals surface area contributed by atoms with Crippen molar-refractivity contribution in [3.8, 4) is 0 Å². The number of alkyl halides is 3. The minimum Gasteiger partial charge on any atom is -0.368 e. The molecule has 1 fully saturated rings. The van der Waals surface area contributed by atoms with E-state index in [9.17, 15) is 18.0 Å². The van der Waals surface area contributed by atoms with Gasteiger partial charge in [-0.3, -0.25) is 9.48 Å². The second kappa shape index (κ2) is 7.42. The van der Waals surface area contributed by atoms with Gasteiger partial charge in [0.2, 0.25) is 5.91 Å². The number of carbonyl (C=O) groups excluding carboxylic acids is 1. The summed E-state index contributed by atoms with van der Waals surface area (Å²) in [4.78, 5) is 16.3. The summed E-state index contributed by atoms with van der Waals surface area (Å²) < 4.78 is 39.7. The van der Waals surface area contributed by atoms with Gasteiger partial charge in [0.1, 0.15) is 6.54 Å². The van der Waals surface area contributed by atoms with Crippen molar-refractivity contribution in [3.63, 3.8) is 0 Å². The lowest BCUT2D eigenvalue weighted by atomic mass is 10.2. The zero-order valence-electron chi connectivity index (χ0n) is 15.1. The molecule has 0 spiro atoms. The van der Waals surface area contributed by atoms with E-state index in [1.54, 1.807) is 4.90 Å². The lowest BCUT2D eigenvalue weighted by Crippen LogP contribution is -2.49. The Bertz CT molecular complexity index is 824. The molecule has 146 valence electrons. The Morgan fingerprint density at radius 3 is 2.22 bits per heavy atom. The van der Waals surface area contributed by atoms with Gasteiger partial charge < -0.3 is 9.80 Å². The fraction of sp³-hybridized carbons (Fsp3) is 0.444. The van der Waals surface area contributed by atoms with Gasteiger partial charge in [-0.05, 0) is 26.0 Å². The molecule has 0 bridgehead atoms. The first kappa shape index (κ1) is 19.5. The van der Waals surface area contributed by atoms with Crippen LogP contribution in [0.5, 0.6) is 0 Å². The van der Waals surface area contributed by atoms with E-state index in [0.717, 1.165) is 10.4 Å². The van der Waals surface area contributed by atoms with Crippen molar-refractivity contribution in [3.05, 3.63) is 46.2 Å². The van der Waals surface area contributed by atoms with Crippen molar-refractivity contribution < 1.29 is 18.0 Å². The van der Waals surface area contributed by atoms with Crippen LogP contribution in [0.3, 0.4) is 0 Å². The number of piperazine rings is 1. The van der Waals surface area contributed by atoms with Crippen LogP contribution in [0.15, 0.2) is 24.3 Å². The average molecular weight is 401 g/mol. The van der Waals surface area contributed by atoms with Crippen LogP contribution in [0.1, 0.15) is 17.0 Å². The summed E-state index contributed by atoms with van der Waals surface area (Å²) in [7, 11) is 0. The lowest BCUT2D eigenvalue weighted by molar-refractivity contribution is -0.142. The van der Waals surface area contributed by atoms with Crippen molar-refractivity contribution in [2.75, 3.05) is 31.1 Å². The minimum atomic E-state index is -4.64. The third-order valence-corrected chi connectivity index (χ3v) is 5.17. The second-order valence-corrected chi connectivity index (χ2v) is 6.98. The Balaban J connectivity index is 1.63. The Kier molecular flexibility index (Phi) is 5.37. The molecule has 0 N–H and O–H groups in total. The van der Waals surface area contributed by atoms with Crippen LogP contribution in [0.4, 0.5) is 18.9 Å². The lowest BCUT2D eigenvalue weighted by Gasteiger charge is -2.36. The highest BCUT2D eigenvalue weighted by Crippen LogP contribution is 2.35. The number of halogens is 4. The van der Waals surface area contributed by atoms with Crippen molar-refractivity contribution in [2.45, 2.75) is 26.6 Å². The summed E-state index contributed by atoms with van der Waals surface area (Å²) in [5, 5.41) is 3.03. The Hall–Kier alpha value is -2.22. The normalized spacial score (nSPS) is 15.3. The zero-order valence-corrected chi connectivity index (χ0v) is 15.8. The molecule has 27 heavy (non-hydrogen) atoms. The SMILES string of the molecule is Cc1ccc(N2CCN(C(=O)Cn3nc(C(F)(F)F)c(Cl)c3C)CC2)cc1. The van der Waals surface area contributed by atoms with E-state index >= 15 is 0 Å². The molecule has 0 radical (unpaired) electrons. The monoisotopic (exact) mass is 400 g/mol. The minimum absolute atomic E-state index is 0.135. The average Bonchev–Trinajstić information content (AvgIpc) is 2.91. The predicted octanol–water partition coefficient (Wildman–Crippen LogP) is 3.52. The quantitative estimate of drug-likeness (QED) is 0.791. The maximum Gasteiger partial charge on any atom is 0.436 e. The third kappa shape index (κ3) is 4.21. The molecule has 3 rings (SSSR count). The molecule has 0 unspecified atom stereocenters. The highest BCUT2D eigenvalue weighted by molar-refractivity contribution is 6.32. The summed E-state index contributed by atoms with van der Waals surface area (Å²) in [5.74, 6) is -0.269. The second-order valence-electron chi connectivity index (χ2n) is 6.61. The molecule has 0 atom stereocenters. The van der Waals surface area contributed by atoms with Crippen molar-refractivity contribution in [2.24, 2.45) is 0 Å². The molecule has 0 aliphatic carbocycles. The van der Waals surface area contributed by atoms with Gasteiger partial charge in [-0.2, -0.15) is 18.3 Å². The van der Waals surface area contributed by atoms with Gasteiger partial charge in [-0.1, -0.05) is 29.3 Å². The number of rotatable bonds is 3. The number of nitrogens with zero attached hydrogens (tertiary/aromatic N) is 4. The topological polar surface area (TPSA) is 41.4 Å². The molecule has 2 heterocycles. The fourth-order valence-electron chi connectivity index (χ4n) is 3.06. The van der Waals surface area contributed by atoms with Gasteiger partial charge in [-0.15, -0.1) is 0 Å². The van der Waals surface area contributed by atoms with Crippen LogP contribution in [-0.4, -0.2) is 46.8 Å². The first-order valence-electron chi connectivity index (χ1n) is 8.56. The van der Waals surface area contributed by atoms with E-state index in [2.05, 4.69) is 10.00 Å². The fourth-order valence-corrected chi connectivity index (χ4v) is 3.30. The van der Waals surface area contributed by atoms with Crippen molar-refractivity contribution >= 4 is 23.2 Å². The standard InChI is InChI=1S/C18H20ClF3N4O/c1-12-3-5-14(6-4-12)24-7-9-25(10-8-24)15(27)11-26-13(2)16(19)17(23-26)18(20,21)22/h3-6H,7-11H2,1-2H3. The highest BCUT2D eigenvalue weighted by Gasteiger charge is 2.38. The van der Waals surface area contributed by atoms with E-state index in [0.29, 0.717) is 26.2 Å². The molecule has 1 aliphatic rings. The largest absolute Gasteiger partial charge is 0.436 e. The molecule has 0 saturated carbocycles. The van der Waals surface area contributed by atoms with Crippen LogP contribution >= 0.6 is 11.6 Å². The van der Waals surface area contributed by atoms with E-state index in [-0.39, 0.29) is 18.1 Å². The maximum absolute atomic E-state index is 12.9. The Morgan fingerprint density at radius 2 is 1.70 bits per heavy atom. The Morgan fingerprint density at radius 1 is 1.11 bits per heavy atom. The molecule has 1 amide bonds. The van der Waals surface area contributed by atoms with Crippen molar-refractivity contribution in [1.29, 1.82) is 0 Å². The molecule has 9 heteroatoms. The molecule has 1 aromatic heterocycles. The van der Waals surface area contributed by atoms with Gasteiger partial charge in [0.25, 0.3) is 0 Å².